The first-order chi connectivity index (χ1) is 31.4. The predicted octanol–water partition coefficient (Wildman–Crippen LogP) is 11.0. The van der Waals surface area contributed by atoms with Gasteiger partial charge < -0.3 is 9.88 Å². The molecular weight excluding hydrogens is 791 g/mol. The number of hydrogen-bond donors (Lipinski definition) is 1. The van der Waals surface area contributed by atoms with Gasteiger partial charge in [0.05, 0.1) is 6.54 Å². The van der Waals surface area contributed by atoms with E-state index in [1.165, 1.54) is 0 Å². The Morgan fingerprint density at radius 2 is 1.23 bits per heavy atom. The van der Waals surface area contributed by atoms with Crippen LogP contribution in [0.4, 0.5) is 10.6 Å². The summed E-state index contributed by atoms with van der Waals surface area (Å²) < 4.78 is 4.18. The van der Waals surface area contributed by atoms with Crippen molar-refractivity contribution >= 4 is 23.0 Å². The Morgan fingerprint density at radius 3 is 1.83 bits per heavy atom. The number of anilines is 1. The summed E-state index contributed by atoms with van der Waals surface area (Å²) in [6.45, 7) is 7.91. The molecule has 0 radical (unpaired) electrons. The van der Waals surface area contributed by atoms with Gasteiger partial charge in [-0.3, -0.25) is 4.90 Å². The van der Waals surface area contributed by atoms with E-state index >= 15 is 0 Å². The van der Waals surface area contributed by atoms with Crippen molar-refractivity contribution in [3.63, 3.8) is 0 Å². The third-order valence-electron chi connectivity index (χ3n) is 11.6. The minimum atomic E-state index is -0.880. The number of aromatic nitrogens is 7. The van der Waals surface area contributed by atoms with E-state index in [0.717, 1.165) is 74.3 Å². The van der Waals surface area contributed by atoms with Crippen LogP contribution in [0.3, 0.4) is 0 Å². The molecule has 0 aliphatic rings. The van der Waals surface area contributed by atoms with Crippen LogP contribution in [0.2, 0.25) is 0 Å². The topological polar surface area (TPSA) is 107 Å². The molecule has 0 saturated heterocycles. The number of carbonyl (C=O) groups excluding carboxylic acids is 1. The van der Waals surface area contributed by atoms with E-state index in [2.05, 4.69) is 151 Å². The van der Waals surface area contributed by atoms with Gasteiger partial charge in [-0.15, -0.1) is 5.10 Å². The van der Waals surface area contributed by atoms with Crippen LogP contribution in [0.5, 0.6) is 0 Å². The lowest BCUT2D eigenvalue weighted by molar-refractivity contribution is 0.245. The highest BCUT2D eigenvalue weighted by molar-refractivity contribution is 5.92. The number of benzene rings is 6. The van der Waals surface area contributed by atoms with Gasteiger partial charge >= 0.3 is 6.03 Å². The number of rotatable bonds is 15. The quantitative estimate of drug-likeness (QED) is 0.103. The summed E-state index contributed by atoms with van der Waals surface area (Å²) in [6, 6.07) is 62.0. The van der Waals surface area contributed by atoms with E-state index in [9.17, 15) is 4.79 Å². The Bertz CT molecular complexity index is 2850. The van der Waals surface area contributed by atoms with Gasteiger partial charge in [-0.1, -0.05) is 191 Å². The third kappa shape index (κ3) is 8.30. The van der Waals surface area contributed by atoms with Crippen molar-refractivity contribution in [3.05, 3.63) is 216 Å². The van der Waals surface area contributed by atoms with Gasteiger partial charge in [-0.2, -0.15) is 0 Å². The minimum Gasteiger partial charge on any atom is -0.334 e. The molecule has 0 fully saturated rings. The maximum absolute atomic E-state index is 13.7. The fourth-order valence-corrected chi connectivity index (χ4v) is 8.67. The first-order valence-electron chi connectivity index (χ1n) is 22.0. The SMILES string of the molecule is CCCc1nc2ccc(N(CC(C)C)C(=O)NCc3ccccc3)nc2n1Cc1ccc(-c2ccccc2-c2nnnn2C(c2ccccc2)(c2ccccc2)c2ccccc2)cc1. The molecule has 64 heavy (non-hydrogen) atoms. The fourth-order valence-electron chi connectivity index (χ4n) is 8.67. The minimum absolute atomic E-state index is 0.181. The Labute approximate surface area is 374 Å². The number of nitrogens with zero attached hydrogens (tertiary/aromatic N) is 8. The van der Waals surface area contributed by atoms with Crippen molar-refractivity contribution in [2.75, 3.05) is 11.4 Å². The lowest BCUT2D eigenvalue weighted by Crippen LogP contribution is -2.42. The van der Waals surface area contributed by atoms with E-state index in [0.29, 0.717) is 31.3 Å². The molecule has 0 aliphatic heterocycles. The molecule has 3 aromatic heterocycles. The molecule has 318 valence electrons. The smallest absolute Gasteiger partial charge is 0.323 e. The van der Waals surface area contributed by atoms with Gasteiger partial charge in [0.1, 0.15) is 22.7 Å². The maximum Gasteiger partial charge on any atom is 0.323 e. The van der Waals surface area contributed by atoms with Gasteiger partial charge in [-0.05, 0) is 73.8 Å². The number of carbonyl (C=O) groups is 1. The standard InChI is InChI=1S/C54H51N9O/c1-4-19-49-56-48-34-35-50(62(37-39(2)3)53(64)55-36-40-20-9-5-10-21-40)57-52(48)61(49)38-41-30-32-42(33-31-41)46-28-17-18-29-47(46)51-58-59-60-63(51)54(43-22-11-6-12-23-43,44-24-13-7-14-25-44)45-26-15-8-16-27-45/h5-18,20-35,39H,4,19,36-38H2,1-3H3,(H,55,64). The maximum atomic E-state index is 13.7. The number of urea groups is 1. The third-order valence-corrected chi connectivity index (χ3v) is 11.6. The molecule has 9 aromatic rings. The zero-order chi connectivity index (χ0) is 43.9. The van der Waals surface area contributed by atoms with Crippen LogP contribution >= 0.6 is 0 Å². The molecule has 10 heteroatoms. The Morgan fingerprint density at radius 1 is 0.656 bits per heavy atom. The van der Waals surface area contributed by atoms with Crippen LogP contribution in [0, 0.1) is 5.92 Å². The van der Waals surface area contributed by atoms with E-state index in [1.807, 2.05) is 71.4 Å². The number of amides is 2. The molecule has 0 saturated carbocycles. The summed E-state index contributed by atoms with van der Waals surface area (Å²) in [6.07, 6.45) is 1.74. The second-order valence-corrected chi connectivity index (χ2v) is 16.5. The van der Waals surface area contributed by atoms with Gasteiger partial charge in [0.2, 0.25) is 0 Å². The zero-order valence-electron chi connectivity index (χ0n) is 36.4. The summed E-state index contributed by atoms with van der Waals surface area (Å²) in [4.78, 5) is 25.7. The monoisotopic (exact) mass is 841 g/mol. The largest absolute Gasteiger partial charge is 0.334 e. The van der Waals surface area contributed by atoms with Gasteiger partial charge in [0.15, 0.2) is 11.5 Å². The number of pyridine rings is 1. The Kier molecular flexibility index (Phi) is 12.2. The van der Waals surface area contributed by atoms with Crippen LogP contribution < -0.4 is 10.2 Å². The summed E-state index contributed by atoms with van der Waals surface area (Å²) >= 11 is 0. The number of tetrazole rings is 1. The molecule has 1 N–H and O–H groups in total. The molecule has 0 bridgehead atoms. The molecule has 2 amide bonds. The van der Waals surface area contributed by atoms with Crippen LogP contribution in [0.15, 0.2) is 182 Å². The number of nitrogens with one attached hydrogen (secondary N) is 1. The van der Waals surface area contributed by atoms with Gasteiger partial charge in [0, 0.05) is 25.1 Å². The van der Waals surface area contributed by atoms with Crippen molar-refractivity contribution < 1.29 is 4.79 Å². The van der Waals surface area contributed by atoms with Crippen LogP contribution in [-0.4, -0.2) is 47.3 Å². The normalized spacial score (nSPS) is 11.6. The first kappa shape index (κ1) is 41.6. The van der Waals surface area contributed by atoms with Crippen molar-refractivity contribution in [3.8, 4) is 22.5 Å². The summed E-state index contributed by atoms with van der Waals surface area (Å²) in [5.74, 6) is 2.44. The summed E-state index contributed by atoms with van der Waals surface area (Å²) in [5.41, 5.74) is 8.90. The Balaban J connectivity index is 1.07. The molecule has 0 atom stereocenters. The molecule has 3 heterocycles. The first-order valence-corrected chi connectivity index (χ1v) is 22.0. The van der Waals surface area contributed by atoms with E-state index < -0.39 is 5.54 Å². The van der Waals surface area contributed by atoms with Crippen molar-refractivity contribution in [1.82, 2.24) is 40.1 Å². The Hall–Kier alpha value is -7.72. The lowest BCUT2D eigenvalue weighted by Gasteiger charge is -2.36. The summed E-state index contributed by atoms with van der Waals surface area (Å²) in [7, 11) is 0. The van der Waals surface area contributed by atoms with Crippen LogP contribution in [0.1, 0.15) is 60.8 Å². The summed E-state index contributed by atoms with van der Waals surface area (Å²) in [5, 5.41) is 17.0. The molecule has 0 aliphatic carbocycles. The fraction of sp³-hybridized carbons (Fsp3) is 0.185. The highest BCUT2D eigenvalue weighted by Crippen LogP contribution is 2.43. The average Bonchev–Trinajstić information content (AvgIpc) is 3.97. The van der Waals surface area contributed by atoms with Gasteiger partial charge in [-0.25, -0.2) is 19.4 Å². The number of imidazole rings is 1. The molecule has 9 rings (SSSR count). The predicted molar refractivity (Wildman–Crippen MR) is 255 cm³/mol. The molecule has 0 spiro atoms. The molecule has 6 aromatic carbocycles. The number of aryl methyl sites for hydroxylation is 1. The van der Waals surface area contributed by atoms with Crippen molar-refractivity contribution in [1.29, 1.82) is 0 Å². The highest BCUT2D eigenvalue weighted by atomic mass is 16.2. The molecule has 0 unspecified atom stereocenters. The van der Waals surface area contributed by atoms with Gasteiger partial charge in [0.25, 0.3) is 0 Å². The van der Waals surface area contributed by atoms with Crippen molar-refractivity contribution in [2.24, 2.45) is 5.92 Å². The molecule has 10 nitrogen and oxygen atoms in total. The zero-order valence-corrected chi connectivity index (χ0v) is 36.4. The van der Waals surface area contributed by atoms with E-state index in [4.69, 9.17) is 20.3 Å². The molecular formula is C54H51N9O. The second-order valence-electron chi connectivity index (χ2n) is 16.5. The van der Waals surface area contributed by atoms with E-state index in [-0.39, 0.29) is 11.9 Å². The lowest BCUT2D eigenvalue weighted by atomic mass is 9.77. The second kappa shape index (κ2) is 18.7. The number of fused-ring (bicyclic) bond motifs is 1. The number of hydrogen-bond acceptors (Lipinski definition) is 6. The van der Waals surface area contributed by atoms with Crippen LogP contribution in [-0.2, 0) is 25.0 Å². The van der Waals surface area contributed by atoms with Crippen molar-refractivity contribution in [2.45, 2.75) is 52.2 Å². The van der Waals surface area contributed by atoms with Crippen LogP contribution in [0.25, 0.3) is 33.7 Å². The highest BCUT2D eigenvalue weighted by Gasteiger charge is 2.42. The average molecular weight is 842 g/mol. The van der Waals surface area contributed by atoms with E-state index in [1.54, 1.807) is 4.90 Å².